The van der Waals surface area contributed by atoms with E-state index in [1.165, 1.54) is 0 Å². The molecule has 0 N–H and O–H groups in total. The zero-order chi connectivity index (χ0) is 19.8. The van der Waals surface area contributed by atoms with Crippen LogP contribution in [0.15, 0.2) is 53.3 Å². The lowest BCUT2D eigenvalue weighted by Crippen LogP contribution is -2.09. The lowest BCUT2D eigenvalue weighted by atomic mass is 10.1. The highest BCUT2D eigenvalue weighted by Gasteiger charge is 2.32. The van der Waals surface area contributed by atoms with Crippen LogP contribution in [0.4, 0.5) is 0 Å². The Balaban J connectivity index is 1.41. The summed E-state index contributed by atoms with van der Waals surface area (Å²) in [6, 6.07) is 11.8. The van der Waals surface area contributed by atoms with Crippen LogP contribution in [0.2, 0.25) is 5.02 Å². The van der Waals surface area contributed by atoms with Crippen molar-refractivity contribution in [3.8, 4) is 22.8 Å². The maximum absolute atomic E-state index is 6.06. The molecule has 0 spiro atoms. The second-order valence-electron chi connectivity index (χ2n) is 7.35. The number of aromatic nitrogens is 6. The van der Waals surface area contributed by atoms with Crippen molar-refractivity contribution in [2.24, 2.45) is 0 Å². The molecule has 29 heavy (non-hydrogen) atoms. The fourth-order valence-corrected chi connectivity index (χ4v) is 3.66. The zero-order valence-corrected chi connectivity index (χ0v) is 16.6. The molecule has 1 atom stereocenters. The van der Waals surface area contributed by atoms with Crippen LogP contribution in [0, 0.1) is 0 Å². The Bertz CT molecular complexity index is 1140. The number of pyridine rings is 1. The summed E-state index contributed by atoms with van der Waals surface area (Å²) in [5.41, 5.74) is 1.86. The topological polar surface area (TPSA) is 82.5 Å². The molecule has 1 fully saturated rings. The lowest BCUT2D eigenvalue weighted by Gasteiger charge is -2.13. The maximum Gasteiger partial charge on any atom is 0.227 e. The normalized spacial score (nSPS) is 14.8. The summed E-state index contributed by atoms with van der Waals surface area (Å²) < 4.78 is 7.75. The first-order chi connectivity index (χ1) is 14.2. The Morgan fingerprint density at radius 3 is 2.72 bits per heavy atom. The largest absolute Gasteiger partial charge is 0.339 e. The summed E-state index contributed by atoms with van der Waals surface area (Å²) >= 11 is 6.06. The SMILES string of the molecule is CC(Cc1nc(-c2cccc(Cl)c2)no1)c1nnc(-c2ccncc2)n1C1CC1. The van der Waals surface area contributed by atoms with E-state index < -0.39 is 0 Å². The first-order valence-corrected chi connectivity index (χ1v) is 10.0. The van der Waals surface area contributed by atoms with Crippen molar-refractivity contribution in [2.75, 3.05) is 0 Å². The predicted molar refractivity (Wildman–Crippen MR) is 108 cm³/mol. The molecule has 3 aromatic heterocycles. The Morgan fingerprint density at radius 2 is 1.97 bits per heavy atom. The van der Waals surface area contributed by atoms with E-state index in [9.17, 15) is 0 Å². The van der Waals surface area contributed by atoms with Crippen LogP contribution < -0.4 is 0 Å². The van der Waals surface area contributed by atoms with E-state index in [2.05, 4.69) is 36.8 Å². The third-order valence-corrected chi connectivity index (χ3v) is 5.28. The van der Waals surface area contributed by atoms with Crippen LogP contribution >= 0.6 is 11.6 Å². The van der Waals surface area contributed by atoms with Gasteiger partial charge in [0.15, 0.2) is 5.82 Å². The Hall–Kier alpha value is -3.06. The van der Waals surface area contributed by atoms with Gasteiger partial charge in [-0.3, -0.25) is 4.98 Å². The van der Waals surface area contributed by atoms with Gasteiger partial charge >= 0.3 is 0 Å². The molecule has 1 aliphatic carbocycles. The maximum atomic E-state index is 6.06. The minimum Gasteiger partial charge on any atom is -0.339 e. The third kappa shape index (κ3) is 3.65. The van der Waals surface area contributed by atoms with Gasteiger partial charge in [0.05, 0.1) is 0 Å². The minimum atomic E-state index is 0.0892. The summed E-state index contributed by atoms with van der Waals surface area (Å²) in [5.74, 6) is 3.04. The number of halogens is 1. The molecule has 1 unspecified atom stereocenters. The Labute approximate surface area is 172 Å². The first-order valence-electron chi connectivity index (χ1n) is 9.63. The van der Waals surface area contributed by atoms with Gasteiger partial charge in [-0.05, 0) is 37.1 Å². The predicted octanol–water partition coefficient (Wildman–Crippen LogP) is 4.72. The molecule has 0 radical (unpaired) electrons. The molecule has 3 heterocycles. The monoisotopic (exact) mass is 406 g/mol. The van der Waals surface area contributed by atoms with Gasteiger partial charge in [0.25, 0.3) is 0 Å². The van der Waals surface area contributed by atoms with E-state index in [0.717, 1.165) is 35.6 Å². The van der Waals surface area contributed by atoms with Crippen molar-refractivity contribution in [1.29, 1.82) is 0 Å². The molecular weight excluding hydrogens is 388 g/mol. The van der Waals surface area contributed by atoms with Gasteiger partial charge in [-0.1, -0.05) is 35.8 Å². The van der Waals surface area contributed by atoms with Gasteiger partial charge in [0, 0.05) is 46.9 Å². The average molecular weight is 407 g/mol. The number of hydrogen-bond acceptors (Lipinski definition) is 6. The van der Waals surface area contributed by atoms with Crippen molar-refractivity contribution in [3.05, 3.63) is 65.5 Å². The number of rotatable bonds is 6. The van der Waals surface area contributed by atoms with E-state index in [0.29, 0.717) is 29.2 Å². The van der Waals surface area contributed by atoms with Crippen molar-refractivity contribution in [2.45, 2.75) is 38.1 Å². The zero-order valence-electron chi connectivity index (χ0n) is 15.9. The number of hydrogen-bond donors (Lipinski definition) is 0. The van der Waals surface area contributed by atoms with E-state index in [1.807, 2.05) is 36.4 Å². The molecular formula is C21H19ClN6O. The number of benzene rings is 1. The van der Waals surface area contributed by atoms with Gasteiger partial charge in [-0.2, -0.15) is 4.98 Å². The van der Waals surface area contributed by atoms with Gasteiger partial charge in [0.2, 0.25) is 11.7 Å². The highest BCUT2D eigenvalue weighted by Crippen LogP contribution is 2.40. The van der Waals surface area contributed by atoms with Crippen molar-refractivity contribution >= 4 is 11.6 Å². The molecule has 4 aromatic rings. The van der Waals surface area contributed by atoms with E-state index in [-0.39, 0.29) is 5.92 Å². The van der Waals surface area contributed by atoms with E-state index >= 15 is 0 Å². The summed E-state index contributed by atoms with van der Waals surface area (Å²) in [6.45, 7) is 2.11. The van der Waals surface area contributed by atoms with Crippen LogP contribution in [0.3, 0.4) is 0 Å². The quantitative estimate of drug-likeness (QED) is 0.460. The van der Waals surface area contributed by atoms with Crippen molar-refractivity contribution in [3.63, 3.8) is 0 Å². The summed E-state index contributed by atoms with van der Waals surface area (Å²) in [4.78, 5) is 8.64. The fourth-order valence-electron chi connectivity index (χ4n) is 3.47. The third-order valence-electron chi connectivity index (χ3n) is 5.05. The average Bonchev–Trinajstić information content (AvgIpc) is 3.30. The van der Waals surface area contributed by atoms with Crippen molar-refractivity contribution in [1.82, 2.24) is 29.9 Å². The van der Waals surface area contributed by atoms with E-state index in [4.69, 9.17) is 16.1 Å². The molecule has 1 aromatic carbocycles. The molecule has 1 saturated carbocycles. The van der Waals surface area contributed by atoms with Gasteiger partial charge in [-0.25, -0.2) is 0 Å². The molecule has 0 bridgehead atoms. The summed E-state index contributed by atoms with van der Waals surface area (Å²) in [5, 5.41) is 13.7. The molecule has 8 heteroatoms. The molecule has 1 aliphatic rings. The Morgan fingerprint density at radius 1 is 1.14 bits per heavy atom. The van der Waals surface area contributed by atoms with Crippen LogP contribution in [-0.4, -0.2) is 29.9 Å². The summed E-state index contributed by atoms with van der Waals surface area (Å²) in [7, 11) is 0. The van der Waals surface area contributed by atoms with Crippen LogP contribution in [0.25, 0.3) is 22.8 Å². The van der Waals surface area contributed by atoms with Gasteiger partial charge < -0.3 is 9.09 Å². The van der Waals surface area contributed by atoms with Crippen LogP contribution in [0.1, 0.15) is 43.4 Å². The standard InChI is InChI=1S/C21H19ClN6O/c1-13(11-18-24-19(27-29-18)15-3-2-4-16(22)12-15)20-25-26-21(28(20)17-5-6-17)14-7-9-23-10-8-14/h2-4,7-10,12-13,17H,5-6,11H2,1H3. The molecule has 0 amide bonds. The smallest absolute Gasteiger partial charge is 0.227 e. The highest BCUT2D eigenvalue weighted by atomic mass is 35.5. The lowest BCUT2D eigenvalue weighted by molar-refractivity contribution is 0.369. The van der Waals surface area contributed by atoms with Gasteiger partial charge in [-0.15, -0.1) is 10.2 Å². The second-order valence-corrected chi connectivity index (χ2v) is 7.78. The second kappa shape index (κ2) is 7.40. The number of nitrogens with zero attached hydrogens (tertiary/aromatic N) is 6. The molecule has 146 valence electrons. The molecule has 5 rings (SSSR count). The molecule has 7 nitrogen and oxygen atoms in total. The van der Waals surface area contributed by atoms with Crippen LogP contribution in [-0.2, 0) is 6.42 Å². The van der Waals surface area contributed by atoms with Gasteiger partial charge in [0.1, 0.15) is 5.82 Å². The first kappa shape index (κ1) is 18.0. The molecule has 0 aliphatic heterocycles. The molecule has 0 saturated heterocycles. The minimum absolute atomic E-state index is 0.0892. The highest BCUT2D eigenvalue weighted by molar-refractivity contribution is 6.30. The fraction of sp³-hybridized carbons (Fsp3) is 0.286. The van der Waals surface area contributed by atoms with Crippen LogP contribution in [0.5, 0.6) is 0 Å². The Kier molecular flexibility index (Phi) is 4.60. The van der Waals surface area contributed by atoms with Crippen molar-refractivity contribution < 1.29 is 4.52 Å². The van der Waals surface area contributed by atoms with E-state index in [1.54, 1.807) is 12.4 Å². The summed E-state index contributed by atoms with van der Waals surface area (Å²) in [6.07, 6.45) is 6.44.